The summed E-state index contributed by atoms with van der Waals surface area (Å²) in [5.41, 5.74) is 0. The molecule has 1 aromatic carbocycles. The molecular weight excluding hydrogens is 442 g/mol. The highest BCUT2D eigenvalue weighted by Gasteiger charge is 2.75. The molecule has 0 aliphatic rings. The van der Waals surface area contributed by atoms with Crippen LogP contribution in [0.3, 0.4) is 0 Å². The predicted octanol–water partition coefficient (Wildman–Crippen LogP) is 3.90. The Morgan fingerprint density at radius 3 is 1.88 bits per heavy atom. The predicted molar refractivity (Wildman–Crippen MR) is 70.2 cm³/mol. The summed E-state index contributed by atoms with van der Waals surface area (Å²) in [7, 11) is -4.75. The highest BCUT2D eigenvalue weighted by atomic mass is 79.9. The zero-order chi connectivity index (χ0) is 19.0. The zero-order valence-corrected chi connectivity index (χ0v) is 13.6. The fourth-order valence-corrected chi connectivity index (χ4v) is 2.67. The summed E-state index contributed by atoms with van der Waals surface area (Å²) in [4.78, 5) is -0.620. The van der Waals surface area contributed by atoms with Gasteiger partial charge in [-0.05, 0) is 24.3 Å². The normalized spacial score (nSPS) is 14.2. The van der Waals surface area contributed by atoms with Crippen molar-refractivity contribution >= 4 is 26.0 Å². The van der Waals surface area contributed by atoms with Crippen LogP contribution >= 0.6 is 15.9 Å². The fraction of sp³-hybridized carbons (Fsp3) is 0.455. The summed E-state index contributed by atoms with van der Waals surface area (Å²) >= 11 is 2.96. The summed E-state index contributed by atoms with van der Waals surface area (Å²) in [5, 5.41) is 0. The van der Waals surface area contributed by atoms with Gasteiger partial charge in [0.15, 0.2) is 0 Å². The van der Waals surface area contributed by atoms with E-state index in [1.54, 1.807) is 0 Å². The first-order chi connectivity index (χ1) is 10.6. The smallest absolute Gasteiger partial charge is 0.207 e. The molecule has 0 saturated heterocycles. The number of benzene rings is 1. The first-order valence-electron chi connectivity index (χ1n) is 5.82. The van der Waals surface area contributed by atoms with E-state index in [1.165, 1.54) is 12.1 Å². The average Bonchev–Trinajstić information content (AvgIpc) is 2.45. The highest BCUT2D eigenvalue weighted by molar-refractivity contribution is 9.10. The number of sulfonamides is 1. The lowest BCUT2D eigenvalue weighted by Crippen LogP contribution is -2.61. The third-order valence-corrected chi connectivity index (χ3v) is 4.71. The van der Waals surface area contributed by atoms with Gasteiger partial charge >= 0.3 is 24.2 Å². The molecule has 0 atom stereocenters. The second-order valence-corrected chi connectivity index (χ2v) is 7.16. The Labute approximate surface area is 139 Å². The Hall–Kier alpha value is -0.950. The van der Waals surface area contributed by atoms with E-state index in [9.17, 15) is 43.5 Å². The van der Waals surface area contributed by atoms with Crippen LogP contribution in [0.15, 0.2) is 33.6 Å². The van der Waals surface area contributed by atoms with E-state index < -0.39 is 45.7 Å². The maximum atomic E-state index is 13.3. The Balaban J connectivity index is 3.01. The van der Waals surface area contributed by atoms with E-state index in [1.807, 2.05) is 0 Å². The Kier molecular flexibility index (Phi) is 5.93. The van der Waals surface area contributed by atoms with E-state index in [0.29, 0.717) is 4.47 Å². The minimum Gasteiger partial charge on any atom is -0.207 e. The quantitative estimate of drug-likeness (QED) is 0.641. The van der Waals surface area contributed by atoms with Crippen LogP contribution < -0.4 is 4.72 Å². The molecule has 0 spiro atoms. The molecule has 0 saturated carbocycles. The molecule has 0 unspecified atom stereocenters. The van der Waals surface area contributed by atoms with Gasteiger partial charge in [0.25, 0.3) is 0 Å². The number of nitrogens with one attached hydrogen (secondary N) is 1. The molecule has 3 nitrogen and oxygen atoms in total. The number of halogens is 9. The van der Waals surface area contributed by atoms with Crippen molar-refractivity contribution in [1.29, 1.82) is 0 Å². The summed E-state index contributed by atoms with van der Waals surface area (Å²) < 4.78 is 126. The Morgan fingerprint density at radius 1 is 1.00 bits per heavy atom. The van der Waals surface area contributed by atoms with Crippen LogP contribution in [0.4, 0.5) is 35.1 Å². The summed E-state index contributed by atoms with van der Waals surface area (Å²) in [6, 6.07) is 4.20. The number of hydrogen-bond donors (Lipinski definition) is 1. The largest absolute Gasteiger partial charge is 0.379 e. The maximum Gasteiger partial charge on any atom is 0.379 e. The van der Waals surface area contributed by atoms with Gasteiger partial charge in [-0.3, -0.25) is 0 Å². The van der Waals surface area contributed by atoms with Crippen LogP contribution in [0.25, 0.3) is 0 Å². The average molecular weight is 450 g/mol. The van der Waals surface area contributed by atoms with Crippen molar-refractivity contribution in [3.63, 3.8) is 0 Å². The van der Waals surface area contributed by atoms with Crippen molar-refractivity contribution in [2.45, 2.75) is 29.1 Å². The fourth-order valence-electron chi connectivity index (χ4n) is 1.37. The van der Waals surface area contributed by atoms with E-state index in [4.69, 9.17) is 0 Å². The molecule has 0 bridgehead atoms. The van der Waals surface area contributed by atoms with Gasteiger partial charge in [-0.25, -0.2) is 21.9 Å². The lowest BCUT2D eigenvalue weighted by atomic mass is 10.1. The molecule has 0 fully saturated rings. The molecule has 0 radical (unpaired) electrons. The van der Waals surface area contributed by atoms with Crippen molar-refractivity contribution in [3.05, 3.63) is 28.7 Å². The summed E-state index contributed by atoms with van der Waals surface area (Å²) in [6.45, 7) is -2.50. The van der Waals surface area contributed by atoms with Gasteiger partial charge in [0.1, 0.15) is 0 Å². The molecule has 13 heteroatoms. The topological polar surface area (TPSA) is 46.2 Å². The summed E-state index contributed by atoms with van der Waals surface area (Å²) in [5.74, 6) is -18.6. The van der Waals surface area contributed by atoms with Crippen LogP contribution in [0.5, 0.6) is 0 Å². The Bertz CT molecular complexity index is 678. The lowest BCUT2D eigenvalue weighted by molar-refractivity contribution is -0.335. The van der Waals surface area contributed by atoms with E-state index in [-0.39, 0.29) is 0 Å². The van der Waals surface area contributed by atoms with Crippen LogP contribution in [-0.4, -0.2) is 39.2 Å². The van der Waals surface area contributed by atoms with Gasteiger partial charge in [0.05, 0.1) is 11.4 Å². The standard InChI is InChI=1S/C11H8BrF8NO2S/c12-6-1-3-7(4-2-6)24(22,23)21-5-9(15,16)11(19,20)10(17,18)8(13)14/h1-4,8,21H,5H2. The van der Waals surface area contributed by atoms with Gasteiger partial charge in [0, 0.05) is 4.47 Å². The highest BCUT2D eigenvalue weighted by Crippen LogP contribution is 2.48. The third kappa shape index (κ3) is 3.99. The van der Waals surface area contributed by atoms with Crippen molar-refractivity contribution in [2.75, 3.05) is 6.54 Å². The molecule has 24 heavy (non-hydrogen) atoms. The first-order valence-corrected chi connectivity index (χ1v) is 8.09. The number of rotatable bonds is 7. The van der Waals surface area contributed by atoms with Crippen molar-refractivity contribution < 1.29 is 43.5 Å². The molecule has 0 aliphatic carbocycles. The number of alkyl halides is 8. The van der Waals surface area contributed by atoms with Crippen LogP contribution in [0.1, 0.15) is 0 Å². The van der Waals surface area contributed by atoms with Gasteiger partial charge in [0.2, 0.25) is 10.0 Å². The lowest BCUT2D eigenvalue weighted by Gasteiger charge is -2.32. The molecule has 0 aliphatic heterocycles. The van der Waals surface area contributed by atoms with E-state index >= 15 is 0 Å². The van der Waals surface area contributed by atoms with E-state index in [2.05, 4.69) is 15.9 Å². The zero-order valence-electron chi connectivity index (χ0n) is 11.2. The molecule has 138 valence electrons. The molecule has 1 aromatic rings. The van der Waals surface area contributed by atoms with Crippen molar-refractivity contribution in [1.82, 2.24) is 4.72 Å². The van der Waals surface area contributed by atoms with Crippen molar-refractivity contribution in [3.8, 4) is 0 Å². The minimum atomic E-state index is -6.48. The van der Waals surface area contributed by atoms with Gasteiger partial charge in [-0.1, -0.05) is 15.9 Å². The Morgan fingerprint density at radius 2 is 1.46 bits per heavy atom. The molecule has 0 amide bonds. The molecule has 1 N–H and O–H groups in total. The second-order valence-electron chi connectivity index (χ2n) is 4.48. The number of hydrogen-bond acceptors (Lipinski definition) is 2. The van der Waals surface area contributed by atoms with E-state index in [0.717, 1.165) is 16.9 Å². The monoisotopic (exact) mass is 449 g/mol. The molecule has 0 aromatic heterocycles. The summed E-state index contributed by atoms with van der Waals surface area (Å²) in [6.07, 6.45) is -5.07. The van der Waals surface area contributed by atoms with Gasteiger partial charge < -0.3 is 0 Å². The van der Waals surface area contributed by atoms with Crippen LogP contribution in [0.2, 0.25) is 0 Å². The third-order valence-electron chi connectivity index (χ3n) is 2.76. The molecule has 0 heterocycles. The van der Waals surface area contributed by atoms with Gasteiger partial charge in [-0.2, -0.15) is 26.3 Å². The molecular formula is C11H8BrF8NO2S. The van der Waals surface area contributed by atoms with Crippen LogP contribution in [-0.2, 0) is 10.0 Å². The molecule has 1 rings (SSSR count). The maximum absolute atomic E-state index is 13.3. The minimum absolute atomic E-state index is 0.412. The second kappa shape index (κ2) is 6.75. The first kappa shape index (κ1) is 21.1. The van der Waals surface area contributed by atoms with Gasteiger partial charge in [-0.15, -0.1) is 0 Å². The SMILES string of the molecule is O=S(=O)(NCC(F)(F)C(F)(F)C(F)(F)C(F)F)c1ccc(Br)cc1. The van der Waals surface area contributed by atoms with Crippen molar-refractivity contribution in [2.24, 2.45) is 0 Å². The van der Waals surface area contributed by atoms with Crippen LogP contribution in [0, 0.1) is 0 Å².